The number of hydrogen-bond donors (Lipinski definition) is 1. The van der Waals surface area contributed by atoms with Gasteiger partial charge in [-0.25, -0.2) is 15.1 Å². The van der Waals surface area contributed by atoms with E-state index in [-0.39, 0.29) is 17.5 Å². The van der Waals surface area contributed by atoms with E-state index in [1.54, 1.807) is 25.1 Å². The van der Waals surface area contributed by atoms with Gasteiger partial charge >= 0.3 is 0 Å². The van der Waals surface area contributed by atoms with Gasteiger partial charge in [0.15, 0.2) is 11.5 Å². The summed E-state index contributed by atoms with van der Waals surface area (Å²) in [6.45, 7) is 3.88. The maximum absolute atomic E-state index is 9.34. The molecule has 0 saturated carbocycles. The average molecular weight is 457 g/mol. The third-order valence-electron chi connectivity index (χ3n) is 5.03. The van der Waals surface area contributed by atoms with Crippen LogP contribution in [0.2, 0.25) is 0 Å². The second kappa shape index (κ2) is 9.92. The van der Waals surface area contributed by atoms with Crippen molar-refractivity contribution in [2.75, 3.05) is 19.6 Å². The summed E-state index contributed by atoms with van der Waals surface area (Å²) in [5, 5.41) is 18.4. The van der Waals surface area contributed by atoms with E-state index in [4.69, 9.17) is 19.0 Å². The molecule has 4 aromatic rings. The van der Waals surface area contributed by atoms with Gasteiger partial charge in [0.2, 0.25) is 11.6 Å². The molecule has 1 N–H and O–H groups in total. The molecule has 2 aromatic heterocycles. The van der Waals surface area contributed by atoms with E-state index in [0.717, 1.165) is 16.8 Å². The number of nitrogens with zero attached hydrogens (tertiary/aromatic N) is 5. The second-order valence-electron chi connectivity index (χ2n) is 7.65. The monoisotopic (exact) mass is 456 g/mol. The quantitative estimate of drug-likeness (QED) is 0.294. The fourth-order valence-electron chi connectivity index (χ4n) is 3.30. The molecule has 2 heterocycles. The number of hydrazone groups is 1. The predicted molar refractivity (Wildman–Crippen MR) is 129 cm³/mol. The Kier molecular flexibility index (Phi) is 6.59. The number of nitrogens with one attached hydrogen (secondary N) is 1. The van der Waals surface area contributed by atoms with Crippen molar-refractivity contribution in [2.24, 2.45) is 5.10 Å². The molecular formula is C25H24N6O3. The van der Waals surface area contributed by atoms with E-state index in [9.17, 15) is 5.26 Å². The molecule has 0 aliphatic heterocycles. The first-order chi connectivity index (χ1) is 16.5. The Hall–Kier alpha value is -4.58. The smallest absolute Gasteiger partial charge is 0.252 e. The summed E-state index contributed by atoms with van der Waals surface area (Å²) >= 11 is 0. The van der Waals surface area contributed by atoms with Crippen LogP contribution in [0.15, 0.2) is 64.2 Å². The number of aromatic nitrogens is 3. The normalized spacial score (nSPS) is 11.1. The number of benzene rings is 2. The molecule has 0 aliphatic rings. The van der Waals surface area contributed by atoms with E-state index in [1.807, 2.05) is 74.6 Å². The van der Waals surface area contributed by atoms with Gasteiger partial charge < -0.3 is 13.9 Å². The number of methoxy groups -OCH3 is 2. The van der Waals surface area contributed by atoms with Crippen LogP contribution in [0.1, 0.15) is 36.9 Å². The molecule has 0 amide bonds. The summed E-state index contributed by atoms with van der Waals surface area (Å²) < 4.78 is 18.2. The van der Waals surface area contributed by atoms with Crippen molar-refractivity contribution >= 4 is 12.1 Å². The van der Waals surface area contributed by atoms with Gasteiger partial charge in [0.25, 0.3) is 5.88 Å². The van der Waals surface area contributed by atoms with Crippen LogP contribution in [0.25, 0.3) is 16.9 Å². The van der Waals surface area contributed by atoms with Crippen LogP contribution < -0.4 is 14.9 Å². The Morgan fingerprint density at radius 1 is 1.12 bits per heavy atom. The lowest BCUT2D eigenvalue weighted by molar-refractivity contribution is 0.355. The lowest BCUT2D eigenvalue weighted by Crippen LogP contribution is -1.95. The highest BCUT2D eigenvalue weighted by atomic mass is 16.5. The first kappa shape index (κ1) is 22.6. The summed E-state index contributed by atoms with van der Waals surface area (Å²) in [6, 6.07) is 17.4. The van der Waals surface area contributed by atoms with Crippen LogP contribution >= 0.6 is 0 Å². The molecule has 0 fully saturated rings. The first-order valence-electron chi connectivity index (χ1n) is 10.6. The molecule has 0 saturated heterocycles. The van der Waals surface area contributed by atoms with Crippen molar-refractivity contribution < 1.29 is 13.9 Å². The van der Waals surface area contributed by atoms with Crippen LogP contribution in [0, 0.1) is 11.3 Å². The first-order valence-corrected chi connectivity index (χ1v) is 10.6. The number of rotatable bonds is 8. The van der Waals surface area contributed by atoms with Crippen LogP contribution in [0.5, 0.6) is 11.5 Å². The van der Waals surface area contributed by atoms with Gasteiger partial charge in [0.05, 0.1) is 26.1 Å². The van der Waals surface area contributed by atoms with Gasteiger partial charge in [-0.3, -0.25) is 0 Å². The maximum atomic E-state index is 9.34. The zero-order chi connectivity index (χ0) is 24.1. The van der Waals surface area contributed by atoms with Crippen molar-refractivity contribution in [2.45, 2.75) is 19.8 Å². The molecule has 0 aliphatic carbocycles. The van der Waals surface area contributed by atoms with Crippen LogP contribution in [0.4, 0.5) is 5.88 Å². The molecular weight excluding hydrogens is 432 g/mol. The fourth-order valence-corrected chi connectivity index (χ4v) is 3.30. The summed E-state index contributed by atoms with van der Waals surface area (Å²) in [7, 11) is 3.18. The average Bonchev–Trinajstić information content (AvgIpc) is 3.49. The van der Waals surface area contributed by atoms with E-state index < -0.39 is 0 Å². The van der Waals surface area contributed by atoms with E-state index in [0.29, 0.717) is 23.1 Å². The largest absolute Gasteiger partial charge is 0.493 e. The van der Waals surface area contributed by atoms with Gasteiger partial charge in [-0.2, -0.15) is 15.5 Å². The van der Waals surface area contributed by atoms with Crippen molar-refractivity contribution in [1.82, 2.24) is 14.8 Å². The Labute approximate surface area is 197 Å². The van der Waals surface area contributed by atoms with Crippen LogP contribution in [-0.2, 0) is 0 Å². The van der Waals surface area contributed by atoms with Gasteiger partial charge in [-0.1, -0.05) is 32.0 Å². The lowest BCUT2D eigenvalue weighted by atomic mass is 10.1. The molecule has 9 nitrogen and oxygen atoms in total. The van der Waals surface area contributed by atoms with Gasteiger partial charge in [-0.05, 0) is 30.3 Å². The van der Waals surface area contributed by atoms with E-state index in [2.05, 4.69) is 15.5 Å². The number of hydrogen-bond acceptors (Lipinski definition) is 8. The summed E-state index contributed by atoms with van der Waals surface area (Å²) in [4.78, 5) is 4.19. The highest BCUT2D eigenvalue weighted by molar-refractivity contribution is 5.89. The number of para-hydroxylation sites is 1. The lowest BCUT2D eigenvalue weighted by Gasteiger charge is -2.09. The third kappa shape index (κ3) is 4.61. The Morgan fingerprint density at radius 2 is 1.88 bits per heavy atom. The minimum absolute atomic E-state index is 0.0485. The maximum Gasteiger partial charge on any atom is 0.252 e. The standard InChI is InChI=1S/C25H24N6O3/c1-16(2)24-28-20(13-26)25(34-24)29-27-14-18-15-31(19-8-6-5-7-9-19)30-23(18)17-10-11-21(32-3)22(12-17)33-4/h5-12,14-16,29H,1-4H3. The van der Waals surface area contributed by atoms with Crippen molar-refractivity contribution in [1.29, 1.82) is 5.26 Å². The summed E-state index contributed by atoms with van der Waals surface area (Å²) in [5.74, 6) is 1.94. The molecule has 34 heavy (non-hydrogen) atoms. The number of nitriles is 1. The van der Waals surface area contributed by atoms with Gasteiger partial charge in [-0.15, -0.1) is 0 Å². The van der Waals surface area contributed by atoms with E-state index >= 15 is 0 Å². The summed E-state index contributed by atoms with van der Waals surface area (Å²) in [6.07, 6.45) is 3.49. The zero-order valence-corrected chi connectivity index (χ0v) is 19.3. The van der Waals surface area contributed by atoms with Crippen molar-refractivity contribution in [3.63, 3.8) is 0 Å². The molecule has 0 spiro atoms. The van der Waals surface area contributed by atoms with Gasteiger partial charge in [0.1, 0.15) is 11.8 Å². The van der Waals surface area contributed by atoms with Crippen molar-refractivity contribution in [3.05, 3.63) is 71.9 Å². The zero-order valence-electron chi connectivity index (χ0n) is 19.3. The van der Waals surface area contributed by atoms with Crippen molar-refractivity contribution in [3.8, 4) is 34.5 Å². The molecule has 0 radical (unpaired) electrons. The number of ether oxygens (including phenoxy) is 2. The second-order valence-corrected chi connectivity index (χ2v) is 7.65. The van der Waals surface area contributed by atoms with Gasteiger partial charge in [0, 0.05) is 23.2 Å². The highest BCUT2D eigenvalue weighted by Gasteiger charge is 2.16. The number of anilines is 1. The third-order valence-corrected chi connectivity index (χ3v) is 5.03. The fraction of sp³-hybridized carbons (Fsp3) is 0.200. The molecule has 2 aromatic carbocycles. The minimum atomic E-state index is 0.0485. The SMILES string of the molecule is COc1ccc(-c2nn(-c3ccccc3)cc2C=NNc2oc(C(C)C)nc2C#N)cc1OC. The molecule has 172 valence electrons. The highest BCUT2D eigenvalue weighted by Crippen LogP contribution is 2.33. The topological polar surface area (TPSA) is 110 Å². The molecule has 9 heteroatoms. The molecule has 0 atom stereocenters. The Morgan fingerprint density at radius 3 is 2.56 bits per heavy atom. The Bertz CT molecular complexity index is 1350. The van der Waals surface area contributed by atoms with Crippen LogP contribution in [0.3, 0.4) is 0 Å². The molecule has 0 bridgehead atoms. The van der Waals surface area contributed by atoms with Crippen LogP contribution in [-0.4, -0.2) is 35.2 Å². The minimum Gasteiger partial charge on any atom is -0.493 e. The predicted octanol–water partition coefficient (Wildman–Crippen LogP) is 4.99. The number of oxazole rings is 1. The molecule has 0 unspecified atom stereocenters. The summed E-state index contributed by atoms with van der Waals surface area (Å²) in [5.41, 5.74) is 6.11. The Balaban J connectivity index is 1.72. The molecule has 4 rings (SSSR count). The van der Waals surface area contributed by atoms with E-state index in [1.165, 1.54) is 0 Å².